The highest BCUT2D eigenvalue weighted by Gasteiger charge is 2.29. The van der Waals surface area contributed by atoms with E-state index >= 15 is 0 Å². The van der Waals surface area contributed by atoms with E-state index in [9.17, 15) is 20.2 Å². The van der Waals surface area contributed by atoms with Gasteiger partial charge >= 0.3 is 0 Å². The summed E-state index contributed by atoms with van der Waals surface area (Å²) in [6.07, 6.45) is 0. The first-order valence-electron chi connectivity index (χ1n) is 10.5. The molecule has 1 atom stereocenters. The van der Waals surface area contributed by atoms with Crippen molar-refractivity contribution in [3.8, 4) is 17.3 Å². The number of carbonyl (C=O) groups is 1. The molecule has 1 amide bonds. The topological polar surface area (TPSA) is 133 Å². The Morgan fingerprint density at radius 3 is 2.51 bits per heavy atom. The van der Waals surface area contributed by atoms with Crippen LogP contribution in [0.2, 0.25) is 5.02 Å². The van der Waals surface area contributed by atoms with Gasteiger partial charge in [0, 0.05) is 39.3 Å². The number of nitrogens with one attached hydrogen (secondary N) is 2. The summed E-state index contributed by atoms with van der Waals surface area (Å²) in [5.74, 6) is -1.60. The quantitative estimate of drug-likeness (QED) is 0.239. The largest absolute Gasteiger partial charge is 0.321 e. The van der Waals surface area contributed by atoms with Crippen LogP contribution in [0.3, 0.4) is 0 Å². The lowest BCUT2D eigenvalue weighted by molar-refractivity contribution is -0.384. The number of aromatic nitrogens is 1. The van der Waals surface area contributed by atoms with Crippen LogP contribution in [0.1, 0.15) is 37.3 Å². The predicted molar refractivity (Wildman–Crippen MR) is 138 cm³/mol. The third-order valence-electron chi connectivity index (χ3n) is 4.73. The van der Waals surface area contributed by atoms with Gasteiger partial charge < -0.3 is 10.7 Å². The SMILES string of the molecule is Cc1cc(Cl)ccc1NC(=O)/C(=N/NC(C)(C)C)[C@H](C#N)c1nc(-c2ccc([N+](=O)[O-])cc2)cs1. The fourth-order valence-corrected chi connectivity index (χ4v) is 4.07. The second-order valence-corrected chi connectivity index (χ2v) is 10.0. The number of nitriles is 1. The van der Waals surface area contributed by atoms with E-state index in [1.807, 2.05) is 27.7 Å². The molecule has 0 bridgehead atoms. The first-order valence-corrected chi connectivity index (χ1v) is 11.8. The Morgan fingerprint density at radius 2 is 1.94 bits per heavy atom. The number of nitrogens with zero attached hydrogens (tertiary/aromatic N) is 4. The number of amides is 1. The van der Waals surface area contributed by atoms with Crippen molar-refractivity contribution in [1.82, 2.24) is 10.4 Å². The standard InChI is InChI=1S/C24H23ClN6O3S/c1-14-11-16(25)7-10-19(14)27-22(32)21(29-30-24(2,3)4)18(12-26)23-28-20(13-35-23)15-5-8-17(9-6-15)31(33)34/h5-11,13,18,30H,1-4H3,(H,27,32)/b29-21+/t18-/m0/s1. The molecule has 0 spiro atoms. The van der Waals surface area contributed by atoms with E-state index in [0.29, 0.717) is 27.0 Å². The van der Waals surface area contributed by atoms with Crippen molar-refractivity contribution in [2.24, 2.45) is 5.10 Å². The Balaban J connectivity index is 1.95. The summed E-state index contributed by atoms with van der Waals surface area (Å²) in [6.45, 7) is 7.46. The summed E-state index contributed by atoms with van der Waals surface area (Å²) in [5, 5.41) is 30.7. The lowest BCUT2D eigenvalue weighted by Crippen LogP contribution is -2.36. The van der Waals surface area contributed by atoms with Gasteiger partial charge in [-0.05, 0) is 63.6 Å². The smallest absolute Gasteiger partial charge is 0.273 e. The van der Waals surface area contributed by atoms with Gasteiger partial charge in [-0.25, -0.2) is 4.98 Å². The number of anilines is 1. The Kier molecular flexibility index (Phi) is 7.84. The van der Waals surface area contributed by atoms with E-state index in [2.05, 4.69) is 26.9 Å². The number of aryl methyl sites for hydroxylation is 1. The Labute approximate surface area is 211 Å². The summed E-state index contributed by atoms with van der Waals surface area (Å²) in [7, 11) is 0. The summed E-state index contributed by atoms with van der Waals surface area (Å²) >= 11 is 7.22. The summed E-state index contributed by atoms with van der Waals surface area (Å²) in [4.78, 5) is 28.2. The minimum Gasteiger partial charge on any atom is -0.321 e. The zero-order valence-corrected chi connectivity index (χ0v) is 21.1. The van der Waals surface area contributed by atoms with E-state index in [1.54, 1.807) is 35.7 Å². The van der Waals surface area contributed by atoms with Gasteiger partial charge in [0.2, 0.25) is 0 Å². The van der Waals surface area contributed by atoms with Crippen LogP contribution in [-0.4, -0.2) is 27.1 Å². The van der Waals surface area contributed by atoms with Crippen molar-refractivity contribution >= 4 is 45.9 Å². The highest BCUT2D eigenvalue weighted by atomic mass is 35.5. The van der Waals surface area contributed by atoms with E-state index in [0.717, 1.165) is 5.56 Å². The summed E-state index contributed by atoms with van der Waals surface area (Å²) in [6, 6.07) is 13.2. The fraction of sp³-hybridized carbons (Fsp3) is 0.250. The van der Waals surface area contributed by atoms with Crippen LogP contribution in [0.25, 0.3) is 11.3 Å². The molecule has 2 N–H and O–H groups in total. The van der Waals surface area contributed by atoms with Gasteiger partial charge in [0.05, 0.1) is 16.7 Å². The normalized spacial score (nSPS) is 12.5. The van der Waals surface area contributed by atoms with E-state index < -0.39 is 22.3 Å². The molecule has 0 saturated carbocycles. The van der Waals surface area contributed by atoms with Crippen molar-refractivity contribution in [1.29, 1.82) is 5.26 Å². The van der Waals surface area contributed by atoms with Crippen LogP contribution in [0.15, 0.2) is 52.9 Å². The van der Waals surface area contributed by atoms with E-state index in [4.69, 9.17) is 11.6 Å². The molecule has 180 valence electrons. The van der Waals surface area contributed by atoms with Crippen LogP contribution >= 0.6 is 22.9 Å². The average Bonchev–Trinajstić information content (AvgIpc) is 3.27. The summed E-state index contributed by atoms with van der Waals surface area (Å²) in [5.41, 5.74) is 4.90. The van der Waals surface area contributed by atoms with Gasteiger partial charge in [0.1, 0.15) is 16.6 Å². The molecule has 0 unspecified atom stereocenters. The minimum absolute atomic E-state index is 0.0315. The first-order chi connectivity index (χ1) is 16.5. The molecular formula is C24H23ClN6O3S. The zero-order chi connectivity index (χ0) is 25.8. The van der Waals surface area contributed by atoms with Gasteiger partial charge in [-0.3, -0.25) is 14.9 Å². The van der Waals surface area contributed by atoms with Crippen LogP contribution in [-0.2, 0) is 4.79 Å². The molecule has 3 aromatic rings. The van der Waals surface area contributed by atoms with Crippen molar-refractivity contribution < 1.29 is 9.72 Å². The molecule has 0 aliphatic rings. The second kappa shape index (κ2) is 10.6. The van der Waals surface area contributed by atoms with E-state index in [-0.39, 0.29) is 11.4 Å². The fourth-order valence-electron chi connectivity index (χ4n) is 2.97. The van der Waals surface area contributed by atoms with Crippen molar-refractivity contribution in [2.75, 3.05) is 5.32 Å². The van der Waals surface area contributed by atoms with Gasteiger partial charge in [0.25, 0.3) is 11.6 Å². The number of benzene rings is 2. The molecular weight excluding hydrogens is 488 g/mol. The number of thiazole rings is 1. The maximum absolute atomic E-state index is 13.3. The molecule has 0 saturated heterocycles. The molecule has 1 heterocycles. The van der Waals surface area contributed by atoms with Gasteiger partial charge in [-0.1, -0.05) is 11.6 Å². The molecule has 1 aromatic heterocycles. The van der Waals surface area contributed by atoms with Crippen LogP contribution in [0.5, 0.6) is 0 Å². The lowest BCUT2D eigenvalue weighted by Gasteiger charge is -2.20. The molecule has 0 fully saturated rings. The van der Waals surface area contributed by atoms with Gasteiger partial charge in [-0.2, -0.15) is 10.4 Å². The number of nitro benzene ring substituents is 1. The Hall–Kier alpha value is -3.81. The zero-order valence-electron chi connectivity index (χ0n) is 19.5. The number of hydrazone groups is 1. The van der Waals surface area contributed by atoms with E-state index in [1.165, 1.54) is 23.5 Å². The van der Waals surface area contributed by atoms with Gasteiger partial charge in [0.15, 0.2) is 0 Å². The maximum Gasteiger partial charge on any atom is 0.273 e. The number of hydrogen-bond donors (Lipinski definition) is 2. The molecule has 11 heteroatoms. The third kappa shape index (κ3) is 6.62. The first kappa shape index (κ1) is 25.8. The second-order valence-electron chi connectivity index (χ2n) is 8.71. The van der Waals surface area contributed by atoms with Crippen molar-refractivity contribution in [3.05, 3.63) is 73.6 Å². The molecule has 9 nitrogen and oxygen atoms in total. The molecule has 0 aliphatic heterocycles. The van der Waals surface area contributed by atoms with Crippen molar-refractivity contribution in [2.45, 2.75) is 39.2 Å². The number of carbonyl (C=O) groups excluding carboxylic acids is 1. The van der Waals surface area contributed by atoms with Crippen LogP contribution < -0.4 is 10.7 Å². The summed E-state index contributed by atoms with van der Waals surface area (Å²) < 4.78 is 0. The number of non-ortho nitro benzene ring substituents is 1. The molecule has 35 heavy (non-hydrogen) atoms. The minimum atomic E-state index is -1.05. The van der Waals surface area contributed by atoms with Crippen molar-refractivity contribution in [3.63, 3.8) is 0 Å². The monoisotopic (exact) mass is 510 g/mol. The lowest BCUT2D eigenvalue weighted by atomic mass is 10.0. The van der Waals surface area contributed by atoms with Crippen LogP contribution in [0.4, 0.5) is 11.4 Å². The maximum atomic E-state index is 13.3. The predicted octanol–water partition coefficient (Wildman–Crippen LogP) is 5.67. The number of hydrogen-bond acceptors (Lipinski definition) is 8. The molecule has 3 rings (SSSR count). The third-order valence-corrected chi connectivity index (χ3v) is 5.87. The Bertz CT molecular complexity index is 1320. The Morgan fingerprint density at radius 1 is 1.26 bits per heavy atom. The highest BCUT2D eigenvalue weighted by molar-refractivity contribution is 7.10. The number of rotatable bonds is 7. The van der Waals surface area contributed by atoms with Crippen LogP contribution in [0, 0.1) is 28.4 Å². The molecule has 0 radical (unpaired) electrons. The highest BCUT2D eigenvalue weighted by Crippen LogP contribution is 2.29. The van der Waals surface area contributed by atoms with Gasteiger partial charge in [-0.15, -0.1) is 11.3 Å². The average molecular weight is 511 g/mol. The molecule has 2 aromatic carbocycles. The number of nitro groups is 1. The number of halogens is 1. The molecule has 0 aliphatic carbocycles.